The number of likely N-dealkylation sites (N-methyl/N-ethyl adjacent to an activating group) is 1. The van der Waals surface area contributed by atoms with Gasteiger partial charge in [-0.1, -0.05) is 6.92 Å². The molecule has 1 aliphatic heterocycles. The molecule has 0 aliphatic carbocycles. The zero-order valence-corrected chi connectivity index (χ0v) is 11.8. The van der Waals surface area contributed by atoms with E-state index in [-0.39, 0.29) is 6.04 Å². The number of hydrogen-bond donors (Lipinski definition) is 1. The largest absolute Gasteiger partial charge is 0.501 e. The predicted molar refractivity (Wildman–Crippen MR) is 72.6 cm³/mol. The lowest BCUT2D eigenvalue weighted by Crippen LogP contribution is -2.25. The van der Waals surface area contributed by atoms with E-state index in [1.807, 2.05) is 20.1 Å². The van der Waals surface area contributed by atoms with Crippen LogP contribution in [0.15, 0.2) is 16.3 Å². The molecular weight excluding hydrogens is 226 g/mol. The van der Waals surface area contributed by atoms with Gasteiger partial charge in [-0.25, -0.2) is 0 Å². The minimum Gasteiger partial charge on any atom is -0.501 e. The zero-order valence-electron chi connectivity index (χ0n) is 11.8. The average Bonchev–Trinajstić information content (AvgIpc) is 2.62. The second kappa shape index (κ2) is 5.61. The molecular formula is C15H23NO2. The highest BCUT2D eigenvalue weighted by Gasteiger charge is 2.24. The molecule has 1 N–H and O–H groups in total. The van der Waals surface area contributed by atoms with Gasteiger partial charge in [-0.3, -0.25) is 0 Å². The van der Waals surface area contributed by atoms with Crippen LogP contribution in [0, 0.1) is 20.8 Å². The summed E-state index contributed by atoms with van der Waals surface area (Å²) in [6.45, 7) is 10.1. The Labute approximate surface area is 109 Å². The van der Waals surface area contributed by atoms with Crippen molar-refractivity contribution in [2.24, 2.45) is 0 Å². The van der Waals surface area contributed by atoms with Gasteiger partial charge in [0, 0.05) is 5.56 Å². The number of rotatable bonds is 4. The molecule has 0 amide bonds. The molecule has 0 aromatic carbocycles. The predicted octanol–water partition coefficient (Wildman–Crippen LogP) is 3.55. The van der Waals surface area contributed by atoms with Crippen molar-refractivity contribution >= 4 is 0 Å². The van der Waals surface area contributed by atoms with Crippen LogP contribution in [0.4, 0.5) is 0 Å². The summed E-state index contributed by atoms with van der Waals surface area (Å²) in [5, 5.41) is 3.56. The Hall–Kier alpha value is -1.22. The molecule has 18 heavy (non-hydrogen) atoms. The quantitative estimate of drug-likeness (QED) is 0.886. The highest BCUT2D eigenvalue weighted by molar-refractivity contribution is 5.39. The Morgan fingerprint density at radius 2 is 2.06 bits per heavy atom. The Bertz CT molecular complexity index is 446. The van der Waals surface area contributed by atoms with Gasteiger partial charge in [0.15, 0.2) is 0 Å². The van der Waals surface area contributed by atoms with Crippen molar-refractivity contribution in [3.63, 3.8) is 0 Å². The van der Waals surface area contributed by atoms with Crippen LogP contribution < -0.4 is 5.32 Å². The minimum absolute atomic E-state index is 0.229. The van der Waals surface area contributed by atoms with Crippen LogP contribution in [-0.4, -0.2) is 13.2 Å². The summed E-state index contributed by atoms with van der Waals surface area (Å²) in [6.07, 6.45) is 4.13. The third kappa shape index (κ3) is 2.46. The van der Waals surface area contributed by atoms with Crippen LogP contribution in [0.25, 0.3) is 0 Å². The molecule has 0 radical (unpaired) electrons. The topological polar surface area (TPSA) is 34.4 Å². The summed E-state index contributed by atoms with van der Waals surface area (Å²) in [7, 11) is 0. The highest BCUT2D eigenvalue weighted by atomic mass is 16.5. The van der Waals surface area contributed by atoms with E-state index in [1.54, 1.807) is 0 Å². The SMILES string of the molecule is CCNC(C1=COCCC1)c1c(C)oc(C)c1C. The summed E-state index contributed by atoms with van der Waals surface area (Å²) in [5.74, 6) is 2.03. The molecule has 0 spiro atoms. The van der Waals surface area contributed by atoms with Gasteiger partial charge >= 0.3 is 0 Å². The molecule has 2 rings (SSSR count). The van der Waals surface area contributed by atoms with Crippen LogP contribution in [0.3, 0.4) is 0 Å². The van der Waals surface area contributed by atoms with Crippen LogP contribution in [0.5, 0.6) is 0 Å². The first-order valence-corrected chi connectivity index (χ1v) is 6.75. The van der Waals surface area contributed by atoms with Crippen molar-refractivity contribution in [1.29, 1.82) is 0 Å². The van der Waals surface area contributed by atoms with Gasteiger partial charge in [0.1, 0.15) is 11.5 Å². The van der Waals surface area contributed by atoms with Crippen LogP contribution in [0.1, 0.15) is 48.5 Å². The Balaban J connectivity index is 2.37. The lowest BCUT2D eigenvalue weighted by atomic mass is 9.92. The second-order valence-corrected chi connectivity index (χ2v) is 4.91. The van der Waals surface area contributed by atoms with Crippen LogP contribution in [0.2, 0.25) is 0 Å². The van der Waals surface area contributed by atoms with E-state index in [4.69, 9.17) is 9.15 Å². The fourth-order valence-electron chi connectivity index (χ4n) is 2.65. The molecule has 100 valence electrons. The van der Waals surface area contributed by atoms with E-state index >= 15 is 0 Å². The lowest BCUT2D eigenvalue weighted by Gasteiger charge is -2.24. The van der Waals surface area contributed by atoms with Crippen molar-refractivity contribution in [3.8, 4) is 0 Å². The van der Waals surface area contributed by atoms with Gasteiger partial charge in [0.05, 0.1) is 18.9 Å². The van der Waals surface area contributed by atoms with Crippen molar-refractivity contribution in [2.75, 3.05) is 13.2 Å². The third-order valence-corrected chi connectivity index (χ3v) is 3.65. The van der Waals surface area contributed by atoms with E-state index in [9.17, 15) is 0 Å². The van der Waals surface area contributed by atoms with Gasteiger partial charge in [0.2, 0.25) is 0 Å². The normalized spacial score (nSPS) is 17.2. The van der Waals surface area contributed by atoms with Crippen LogP contribution in [-0.2, 0) is 4.74 Å². The maximum absolute atomic E-state index is 5.76. The van der Waals surface area contributed by atoms with Gasteiger partial charge in [0.25, 0.3) is 0 Å². The molecule has 1 aromatic rings. The van der Waals surface area contributed by atoms with Gasteiger partial charge in [-0.2, -0.15) is 0 Å². The van der Waals surface area contributed by atoms with Crippen molar-refractivity contribution in [1.82, 2.24) is 5.32 Å². The number of nitrogens with one attached hydrogen (secondary N) is 1. The van der Waals surface area contributed by atoms with E-state index in [0.717, 1.165) is 37.5 Å². The van der Waals surface area contributed by atoms with Gasteiger partial charge in [-0.15, -0.1) is 0 Å². The van der Waals surface area contributed by atoms with E-state index in [0.29, 0.717) is 0 Å². The van der Waals surface area contributed by atoms with Crippen molar-refractivity contribution in [2.45, 2.75) is 46.6 Å². The first kappa shape index (κ1) is 13.2. The Morgan fingerprint density at radius 3 is 2.56 bits per heavy atom. The Morgan fingerprint density at radius 1 is 1.28 bits per heavy atom. The lowest BCUT2D eigenvalue weighted by molar-refractivity contribution is 0.219. The number of aryl methyl sites for hydroxylation is 2. The van der Waals surface area contributed by atoms with Crippen molar-refractivity contribution < 1.29 is 9.15 Å². The maximum Gasteiger partial charge on any atom is 0.106 e. The third-order valence-electron chi connectivity index (χ3n) is 3.65. The average molecular weight is 249 g/mol. The van der Waals surface area contributed by atoms with Crippen LogP contribution >= 0.6 is 0 Å². The van der Waals surface area contributed by atoms with E-state index < -0.39 is 0 Å². The molecule has 0 saturated heterocycles. The first-order valence-electron chi connectivity index (χ1n) is 6.75. The molecule has 1 aromatic heterocycles. The minimum atomic E-state index is 0.229. The smallest absolute Gasteiger partial charge is 0.106 e. The second-order valence-electron chi connectivity index (χ2n) is 4.91. The molecule has 2 heterocycles. The molecule has 1 atom stereocenters. The molecule has 0 bridgehead atoms. The summed E-state index contributed by atoms with van der Waals surface area (Å²) >= 11 is 0. The van der Waals surface area contributed by atoms with Crippen molar-refractivity contribution in [3.05, 3.63) is 34.5 Å². The molecule has 3 nitrogen and oxygen atoms in total. The molecule has 1 unspecified atom stereocenters. The standard InChI is InChI=1S/C15H23NO2/c1-5-16-15(13-7-6-8-17-9-13)14-10(2)11(3)18-12(14)4/h9,15-16H,5-8H2,1-4H3. The van der Waals surface area contributed by atoms with Gasteiger partial charge < -0.3 is 14.5 Å². The molecule has 1 aliphatic rings. The summed E-state index contributed by atoms with van der Waals surface area (Å²) < 4.78 is 11.2. The first-order chi connectivity index (χ1) is 8.65. The van der Waals surface area contributed by atoms with E-state index in [1.165, 1.54) is 16.7 Å². The fraction of sp³-hybridized carbons (Fsp3) is 0.600. The molecule has 0 fully saturated rings. The van der Waals surface area contributed by atoms with E-state index in [2.05, 4.69) is 19.2 Å². The zero-order chi connectivity index (χ0) is 13.1. The van der Waals surface area contributed by atoms with Gasteiger partial charge in [-0.05, 0) is 51.3 Å². The maximum atomic E-state index is 5.76. The Kier molecular flexibility index (Phi) is 4.12. The molecule has 0 saturated carbocycles. The summed E-state index contributed by atoms with van der Waals surface area (Å²) in [6, 6.07) is 0.229. The highest BCUT2D eigenvalue weighted by Crippen LogP contribution is 2.34. The fourth-order valence-corrected chi connectivity index (χ4v) is 2.65. The molecule has 3 heteroatoms. The summed E-state index contributed by atoms with van der Waals surface area (Å²) in [5.41, 5.74) is 3.87. The monoisotopic (exact) mass is 249 g/mol. The number of hydrogen-bond acceptors (Lipinski definition) is 3. The summed E-state index contributed by atoms with van der Waals surface area (Å²) in [4.78, 5) is 0. The number of ether oxygens (including phenoxy) is 1. The number of furan rings is 1.